The molecule has 1 aromatic carbocycles. The summed E-state index contributed by atoms with van der Waals surface area (Å²) >= 11 is 6.18. The Balaban J connectivity index is 2.62. The van der Waals surface area contributed by atoms with Gasteiger partial charge in [0.25, 0.3) is 5.91 Å². The van der Waals surface area contributed by atoms with Gasteiger partial charge in [0.2, 0.25) is 0 Å². The van der Waals surface area contributed by atoms with Gasteiger partial charge in [0, 0.05) is 23.5 Å². The molecule has 2 rings (SSSR count). The van der Waals surface area contributed by atoms with Gasteiger partial charge in [0.1, 0.15) is 5.75 Å². The van der Waals surface area contributed by atoms with Crippen LogP contribution in [-0.2, 0) is 26.6 Å². The van der Waals surface area contributed by atoms with Crippen LogP contribution in [0.15, 0.2) is 18.2 Å². The van der Waals surface area contributed by atoms with Gasteiger partial charge < -0.3 is 24.6 Å². The third-order valence-corrected chi connectivity index (χ3v) is 6.16. The maximum Gasteiger partial charge on any atom is 0.524 e. The van der Waals surface area contributed by atoms with Crippen molar-refractivity contribution in [2.45, 2.75) is 46.1 Å². The van der Waals surface area contributed by atoms with E-state index in [0.29, 0.717) is 28.9 Å². The lowest BCUT2D eigenvalue weighted by Crippen LogP contribution is -2.14. The zero-order chi connectivity index (χ0) is 25.0. The molecule has 0 spiro atoms. The Morgan fingerprint density at radius 1 is 1.15 bits per heavy atom. The number of unbranched alkanes of at least 4 members (excludes halogenated alkanes) is 2. The summed E-state index contributed by atoms with van der Waals surface area (Å²) in [6.45, 7) is 3.46. The van der Waals surface area contributed by atoms with E-state index in [2.05, 4.69) is 9.05 Å². The Hall–Kier alpha value is -1.68. The second kappa shape index (κ2) is 11.2. The van der Waals surface area contributed by atoms with Gasteiger partial charge in [-0.05, 0) is 37.5 Å². The van der Waals surface area contributed by atoms with Gasteiger partial charge in [-0.25, -0.2) is 9.13 Å². The molecule has 2 aromatic rings. The van der Waals surface area contributed by atoms with E-state index < -0.39 is 21.6 Å². The number of nitrogens with zero attached hydrogens (tertiary/aromatic N) is 1. The minimum Gasteiger partial charge on any atom is -0.403 e. The number of carbonyl (C=O) groups excluding carboxylic acids is 1. The average Bonchev–Trinajstić information content (AvgIpc) is 2.94. The molecule has 0 aliphatic heterocycles. The molecule has 0 aliphatic carbocycles. The lowest BCUT2D eigenvalue weighted by Gasteiger charge is -2.14. The third-order valence-electron chi connectivity index (χ3n) is 4.91. The molecule has 0 saturated carbocycles. The van der Waals surface area contributed by atoms with Crippen LogP contribution >= 0.6 is 27.2 Å². The molecule has 11 nitrogen and oxygen atoms in total. The zero-order valence-corrected chi connectivity index (χ0v) is 20.6. The fourth-order valence-corrected chi connectivity index (χ4v) is 4.63. The van der Waals surface area contributed by atoms with Crippen molar-refractivity contribution in [1.29, 1.82) is 0 Å². The number of benzene rings is 1. The maximum atomic E-state index is 12.4. The van der Waals surface area contributed by atoms with Crippen LogP contribution in [0.5, 0.6) is 5.75 Å². The summed E-state index contributed by atoms with van der Waals surface area (Å²) in [6, 6.07) is 4.19. The molecular weight excluding hydrogens is 498 g/mol. The first-order valence-electron chi connectivity index (χ1n) is 10.0. The monoisotopic (exact) mass is 524 g/mol. The highest BCUT2D eigenvalue weighted by atomic mass is 35.5. The van der Waals surface area contributed by atoms with E-state index in [1.165, 1.54) is 18.2 Å². The molecule has 33 heavy (non-hydrogen) atoms. The van der Waals surface area contributed by atoms with Crippen LogP contribution in [0.3, 0.4) is 0 Å². The molecule has 1 heterocycles. The van der Waals surface area contributed by atoms with Gasteiger partial charge >= 0.3 is 15.6 Å². The van der Waals surface area contributed by atoms with Crippen LogP contribution in [0, 0.1) is 6.92 Å². The third kappa shape index (κ3) is 7.67. The predicted molar refractivity (Wildman–Crippen MR) is 122 cm³/mol. The molecular formula is C19H27ClN2O9P2. The summed E-state index contributed by atoms with van der Waals surface area (Å²) in [4.78, 5) is 48.4. The number of carbonyl (C=O) groups is 1. The van der Waals surface area contributed by atoms with Crippen LogP contribution < -0.4 is 10.3 Å². The molecule has 0 atom stereocenters. The number of amides is 1. The number of rotatable bonds is 12. The van der Waals surface area contributed by atoms with Crippen molar-refractivity contribution in [3.05, 3.63) is 40.2 Å². The van der Waals surface area contributed by atoms with Crippen LogP contribution in [0.4, 0.5) is 0 Å². The average molecular weight is 525 g/mol. The quantitative estimate of drug-likeness (QED) is 0.205. The van der Waals surface area contributed by atoms with E-state index in [4.69, 9.17) is 36.9 Å². The Morgan fingerprint density at radius 2 is 1.82 bits per heavy atom. The number of primary amides is 1. The van der Waals surface area contributed by atoms with Gasteiger partial charge in [-0.3, -0.25) is 19.1 Å². The number of hydrogen-bond acceptors (Lipinski definition) is 5. The van der Waals surface area contributed by atoms with Crippen molar-refractivity contribution in [2.24, 2.45) is 5.73 Å². The summed E-state index contributed by atoms with van der Waals surface area (Å²) < 4.78 is 33.1. The Morgan fingerprint density at radius 3 is 2.33 bits per heavy atom. The van der Waals surface area contributed by atoms with Crippen molar-refractivity contribution in [2.75, 3.05) is 6.61 Å². The zero-order valence-electron chi connectivity index (χ0n) is 18.1. The highest BCUT2D eigenvalue weighted by Crippen LogP contribution is 2.43. The van der Waals surface area contributed by atoms with E-state index in [1.807, 2.05) is 6.92 Å². The van der Waals surface area contributed by atoms with Gasteiger partial charge in [-0.1, -0.05) is 37.4 Å². The number of halogens is 1. The van der Waals surface area contributed by atoms with E-state index in [-0.39, 0.29) is 29.5 Å². The molecule has 0 unspecified atom stereocenters. The van der Waals surface area contributed by atoms with Crippen LogP contribution in [-0.4, -0.2) is 36.7 Å². The largest absolute Gasteiger partial charge is 0.524 e. The molecule has 0 saturated heterocycles. The molecule has 0 bridgehead atoms. The summed E-state index contributed by atoms with van der Waals surface area (Å²) in [7, 11) is -9.50. The van der Waals surface area contributed by atoms with Crippen molar-refractivity contribution in [3.63, 3.8) is 0 Å². The van der Waals surface area contributed by atoms with Gasteiger partial charge in [0.15, 0.2) is 0 Å². The Bertz CT molecular complexity index is 1110. The Labute approximate surface area is 196 Å². The molecule has 1 amide bonds. The lowest BCUT2D eigenvalue weighted by atomic mass is 9.97. The van der Waals surface area contributed by atoms with Crippen molar-refractivity contribution >= 4 is 33.2 Å². The lowest BCUT2D eigenvalue weighted by molar-refractivity contribution is 0.0999. The molecule has 184 valence electrons. The minimum absolute atomic E-state index is 0.0613. The fourth-order valence-electron chi connectivity index (χ4n) is 3.62. The van der Waals surface area contributed by atoms with E-state index in [1.54, 1.807) is 11.5 Å². The smallest absolute Gasteiger partial charge is 0.403 e. The molecule has 0 radical (unpaired) electrons. The molecule has 0 fully saturated rings. The molecule has 6 N–H and O–H groups in total. The van der Waals surface area contributed by atoms with Gasteiger partial charge in [-0.2, -0.15) is 0 Å². The van der Waals surface area contributed by atoms with E-state index in [0.717, 1.165) is 19.3 Å². The first-order valence-corrected chi connectivity index (χ1v) is 13.5. The molecule has 14 heteroatoms. The highest BCUT2D eigenvalue weighted by molar-refractivity contribution is 7.46. The minimum atomic E-state index is -4.83. The highest BCUT2D eigenvalue weighted by Gasteiger charge is 2.26. The first-order chi connectivity index (χ1) is 15.2. The number of phosphoric ester groups is 2. The normalized spacial score (nSPS) is 12.2. The fraction of sp³-hybridized carbons (Fsp3) is 0.421. The van der Waals surface area contributed by atoms with Gasteiger partial charge in [0.05, 0.1) is 17.2 Å². The first kappa shape index (κ1) is 27.6. The number of aromatic nitrogens is 1. The standard InChI is InChI=1S/C19H27ClN2O9P2/c1-3-4-5-6-15-18(13-7-8-16(14(20)11-13)31-33(27,28)29)17(19(21)23)12(2)22(15)9-10-30-32(24,25)26/h7-8,11H,3-6,9-10H2,1-2H3,(H2,21,23)(H2,24,25,26)(H2,27,28,29). The summed E-state index contributed by atoms with van der Waals surface area (Å²) in [5, 5.41) is -0.0824. The number of phosphoric acid groups is 2. The van der Waals surface area contributed by atoms with Crippen LogP contribution in [0.2, 0.25) is 5.02 Å². The van der Waals surface area contributed by atoms with E-state index >= 15 is 0 Å². The van der Waals surface area contributed by atoms with Gasteiger partial charge in [-0.15, -0.1) is 0 Å². The number of hydrogen-bond donors (Lipinski definition) is 5. The topological polar surface area (TPSA) is 182 Å². The second-order valence-corrected chi connectivity index (χ2v) is 10.1. The van der Waals surface area contributed by atoms with Crippen molar-refractivity contribution < 1.29 is 42.5 Å². The van der Waals surface area contributed by atoms with E-state index in [9.17, 15) is 13.9 Å². The van der Waals surface area contributed by atoms with Crippen molar-refractivity contribution in [1.82, 2.24) is 4.57 Å². The maximum absolute atomic E-state index is 12.4. The summed E-state index contributed by atoms with van der Waals surface area (Å²) in [5.41, 5.74) is 8.02. The summed E-state index contributed by atoms with van der Waals surface area (Å²) in [6.07, 6.45) is 3.16. The second-order valence-electron chi connectivity index (χ2n) is 7.31. The van der Waals surface area contributed by atoms with Crippen LogP contribution in [0.1, 0.15) is 47.9 Å². The number of nitrogens with two attached hydrogens (primary N) is 1. The van der Waals surface area contributed by atoms with Crippen molar-refractivity contribution in [3.8, 4) is 16.9 Å². The molecule has 0 aliphatic rings. The Kier molecular flexibility index (Phi) is 9.32. The summed E-state index contributed by atoms with van der Waals surface area (Å²) in [5.74, 6) is -0.936. The predicted octanol–water partition coefficient (Wildman–Crippen LogP) is 3.53. The van der Waals surface area contributed by atoms with Crippen LogP contribution in [0.25, 0.3) is 11.1 Å². The SMILES string of the molecule is CCCCCc1c(-c2ccc(OP(=O)(O)O)c(Cl)c2)c(C(N)=O)c(C)n1CCOP(=O)(O)O. The molecule has 1 aromatic heterocycles.